The number of rotatable bonds is 4. The third-order valence-corrected chi connectivity index (χ3v) is 1.88. The molecule has 8 nitrogen and oxygen atoms in total. The lowest BCUT2D eigenvalue weighted by atomic mass is 10.2. The minimum Gasteiger partial charge on any atom is -0.359 e. The summed E-state index contributed by atoms with van der Waals surface area (Å²) in [4.78, 5) is 23.4. The molecular formula is C10H16N4O4. The second kappa shape index (κ2) is 5.48. The SMILES string of the molecule is CC(C)NC(=O)c1no[n+]([O-])c1C(=O)NC(C)C. The zero-order valence-electron chi connectivity index (χ0n) is 10.7. The van der Waals surface area contributed by atoms with Crippen molar-refractivity contribution in [2.24, 2.45) is 0 Å². The molecule has 0 unspecified atom stereocenters. The van der Waals surface area contributed by atoms with Gasteiger partial charge in [-0.3, -0.25) is 14.2 Å². The number of nitrogens with zero attached hydrogens (tertiary/aromatic N) is 2. The predicted octanol–water partition coefficient (Wildman–Crippen LogP) is -0.416. The van der Waals surface area contributed by atoms with E-state index >= 15 is 0 Å². The minimum absolute atomic E-state index is 0.0764. The summed E-state index contributed by atoms with van der Waals surface area (Å²) in [5.41, 5.74) is -0.765. The van der Waals surface area contributed by atoms with E-state index in [-0.39, 0.29) is 22.7 Å². The fourth-order valence-corrected chi connectivity index (χ4v) is 1.25. The normalized spacial score (nSPS) is 10.8. The Hall–Kier alpha value is -2.12. The molecule has 0 fully saturated rings. The van der Waals surface area contributed by atoms with Crippen molar-refractivity contribution in [2.45, 2.75) is 39.8 Å². The Morgan fingerprint density at radius 2 is 1.67 bits per heavy atom. The van der Waals surface area contributed by atoms with E-state index in [2.05, 4.69) is 20.4 Å². The summed E-state index contributed by atoms with van der Waals surface area (Å²) in [5.74, 6) is -1.33. The molecule has 0 radical (unpaired) electrons. The van der Waals surface area contributed by atoms with Crippen LogP contribution in [0.2, 0.25) is 0 Å². The number of aromatic nitrogens is 2. The van der Waals surface area contributed by atoms with Gasteiger partial charge in [0, 0.05) is 12.1 Å². The first-order valence-electron chi connectivity index (χ1n) is 5.54. The summed E-state index contributed by atoms with van der Waals surface area (Å²) in [7, 11) is 0. The Morgan fingerprint density at radius 3 is 2.17 bits per heavy atom. The van der Waals surface area contributed by atoms with Crippen LogP contribution in [-0.2, 0) is 0 Å². The Bertz CT molecular complexity index is 453. The molecule has 0 aliphatic heterocycles. The van der Waals surface area contributed by atoms with E-state index in [4.69, 9.17) is 0 Å². The third-order valence-electron chi connectivity index (χ3n) is 1.88. The van der Waals surface area contributed by atoms with Gasteiger partial charge in [-0.05, 0) is 32.6 Å². The number of amides is 2. The average molecular weight is 256 g/mol. The molecule has 0 atom stereocenters. The molecule has 2 amide bonds. The predicted molar refractivity (Wildman–Crippen MR) is 60.7 cm³/mol. The highest BCUT2D eigenvalue weighted by Gasteiger charge is 2.32. The van der Waals surface area contributed by atoms with Gasteiger partial charge >= 0.3 is 17.5 Å². The monoisotopic (exact) mass is 256 g/mol. The Morgan fingerprint density at radius 1 is 1.17 bits per heavy atom. The highest BCUT2D eigenvalue weighted by Crippen LogP contribution is 2.02. The van der Waals surface area contributed by atoms with Gasteiger partial charge in [0.25, 0.3) is 5.69 Å². The van der Waals surface area contributed by atoms with E-state index < -0.39 is 17.5 Å². The molecule has 0 saturated carbocycles. The molecule has 1 rings (SSSR count). The number of nitrogens with one attached hydrogen (secondary N) is 2. The standard InChI is InChI=1S/C10H16N4O4/c1-5(2)11-9(15)7-8(14(17)18-13-7)10(16)12-6(3)4/h5-6H,1-4H3,(H,11,15)(H,12,16). The zero-order valence-corrected chi connectivity index (χ0v) is 10.7. The van der Waals surface area contributed by atoms with Gasteiger partial charge in [-0.25, -0.2) is 0 Å². The van der Waals surface area contributed by atoms with Crippen molar-refractivity contribution in [3.63, 3.8) is 0 Å². The van der Waals surface area contributed by atoms with Crippen molar-refractivity contribution in [3.05, 3.63) is 16.6 Å². The third kappa shape index (κ3) is 3.19. The van der Waals surface area contributed by atoms with E-state index in [1.165, 1.54) is 0 Å². The molecule has 0 saturated heterocycles. The van der Waals surface area contributed by atoms with Gasteiger partial charge in [-0.15, -0.1) is 0 Å². The van der Waals surface area contributed by atoms with Crippen molar-refractivity contribution in [3.8, 4) is 0 Å². The van der Waals surface area contributed by atoms with Crippen molar-refractivity contribution < 1.29 is 19.1 Å². The fourth-order valence-electron chi connectivity index (χ4n) is 1.25. The van der Waals surface area contributed by atoms with Crippen LogP contribution in [0.15, 0.2) is 4.63 Å². The summed E-state index contributed by atoms with van der Waals surface area (Å²) in [6.45, 7) is 6.96. The molecule has 100 valence electrons. The molecule has 2 N–H and O–H groups in total. The summed E-state index contributed by atoms with van der Waals surface area (Å²) >= 11 is 0. The number of hydrogen-bond acceptors (Lipinski definition) is 5. The van der Waals surface area contributed by atoms with E-state index in [1.54, 1.807) is 27.7 Å². The van der Waals surface area contributed by atoms with Gasteiger partial charge in [0.05, 0.1) is 5.16 Å². The maximum atomic E-state index is 11.7. The van der Waals surface area contributed by atoms with E-state index in [9.17, 15) is 14.8 Å². The van der Waals surface area contributed by atoms with Gasteiger partial charge in [-0.1, -0.05) is 0 Å². The molecule has 0 spiro atoms. The maximum Gasteiger partial charge on any atom is 0.318 e. The summed E-state index contributed by atoms with van der Waals surface area (Å²) in [6.07, 6.45) is 0. The molecule has 0 aromatic carbocycles. The topological polar surface area (TPSA) is 111 Å². The molecule has 0 aliphatic carbocycles. The quantitative estimate of drug-likeness (QED) is 0.711. The van der Waals surface area contributed by atoms with Crippen LogP contribution in [0.3, 0.4) is 0 Å². The summed E-state index contributed by atoms with van der Waals surface area (Å²) in [6, 6.07) is -0.316. The molecule has 1 aromatic rings. The van der Waals surface area contributed by atoms with Crippen molar-refractivity contribution in [2.75, 3.05) is 0 Å². The van der Waals surface area contributed by atoms with Crippen LogP contribution in [-0.4, -0.2) is 29.1 Å². The molecule has 0 aliphatic rings. The highest BCUT2D eigenvalue weighted by atomic mass is 16.8. The average Bonchev–Trinajstić information content (AvgIpc) is 2.57. The smallest absolute Gasteiger partial charge is 0.318 e. The van der Waals surface area contributed by atoms with Gasteiger partial charge in [0.1, 0.15) is 0 Å². The van der Waals surface area contributed by atoms with Crippen molar-refractivity contribution in [1.82, 2.24) is 15.8 Å². The van der Waals surface area contributed by atoms with Crippen LogP contribution in [0.5, 0.6) is 0 Å². The number of carbonyl (C=O) groups excluding carboxylic acids is 2. The van der Waals surface area contributed by atoms with Crippen molar-refractivity contribution in [1.29, 1.82) is 0 Å². The van der Waals surface area contributed by atoms with Gasteiger partial charge in [0.2, 0.25) is 0 Å². The van der Waals surface area contributed by atoms with E-state index in [0.717, 1.165) is 0 Å². The van der Waals surface area contributed by atoms with Gasteiger partial charge in [0.15, 0.2) is 0 Å². The van der Waals surface area contributed by atoms with E-state index in [1.807, 2.05) is 0 Å². The first kappa shape index (κ1) is 13.9. The lowest BCUT2D eigenvalue weighted by Gasteiger charge is -2.07. The number of carbonyl (C=O) groups is 2. The molecule has 1 aromatic heterocycles. The van der Waals surface area contributed by atoms with Crippen molar-refractivity contribution >= 4 is 11.8 Å². The van der Waals surface area contributed by atoms with Gasteiger partial charge in [-0.2, -0.15) is 0 Å². The summed E-state index contributed by atoms with van der Waals surface area (Å²) < 4.78 is 4.29. The lowest BCUT2D eigenvalue weighted by Crippen LogP contribution is -2.42. The largest absolute Gasteiger partial charge is 0.359 e. The molecule has 18 heavy (non-hydrogen) atoms. The molecule has 8 heteroatoms. The van der Waals surface area contributed by atoms with Crippen LogP contribution in [0.4, 0.5) is 0 Å². The van der Waals surface area contributed by atoms with Crippen LogP contribution >= 0.6 is 0 Å². The van der Waals surface area contributed by atoms with Crippen LogP contribution < -0.4 is 15.5 Å². The highest BCUT2D eigenvalue weighted by molar-refractivity contribution is 6.03. The van der Waals surface area contributed by atoms with Gasteiger partial charge < -0.3 is 15.8 Å². The zero-order chi connectivity index (χ0) is 13.9. The number of hydrogen-bond donors (Lipinski definition) is 2. The van der Waals surface area contributed by atoms with Crippen LogP contribution in [0.1, 0.15) is 48.7 Å². The van der Waals surface area contributed by atoms with E-state index in [0.29, 0.717) is 0 Å². The Kier molecular flexibility index (Phi) is 4.24. The molecular weight excluding hydrogens is 240 g/mol. The maximum absolute atomic E-state index is 11.7. The Balaban J connectivity index is 3.01. The van der Waals surface area contributed by atoms with Crippen LogP contribution in [0.25, 0.3) is 0 Å². The Labute approximate surface area is 104 Å². The summed E-state index contributed by atoms with van der Waals surface area (Å²) in [5, 5.41) is 19.6. The first-order valence-corrected chi connectivity index (χ1v) is 5.54. The first-order chi connectivity index (χ1) is 8.32. The minimum atomic E-state index is -0.699. The fraction of sp³-hybridized carbons (Fsp3) is 0.600. The molecule has 0 bridgehead atoms. The van der Waals surface area contributed by atoms with Crippen LogP contribution in [0, 0.1) is 5.21 Å². The second-order valence-corrected chi connectivity index (χ2v) is 4.38. The second-order valence-electron chi connectivity index (χ2n) is 4.38. The molecule has 1 heterocycles. The lowest BCUT2D eigenvalue weighted by molar-refractivity contribution is -0.803.